The van der Waals surface area contributed by atoms with Crippen molar-refractivity contribution in [1.82, 2.24) is 0 Å². The fraction of sp³-hybridized carbons (Fsp3) is 0.174. The lowest BCUT2D eigenvalue weighted by molar-refractivity contribution is -0.116. The second-order valence-corrected chi connectivity index (χ2v) is 8.83. The fourth-order valence-corrected chi connectivity index (χ4v) is 4.19. The van der Waals surface area contributed by atoms with Crippen LogP contribution in [-0.2, 0) is 14.8 Å². The van der Waals surface area contributed by atoms with Gasteiger partial charge in [-0.1, -0.05) is 48.0 Å². The molecule has 0 saturated carbocycles. The van der Waals surface area contributed by atoms with E-state index in [4.69, 9.17) is 4.74 Å². The Hall–Kier alpha value is -3.32. The third-order valence-electron chi connectivity index (χ3n) is 4.49. The Labute approximate surface area is 177 Å². The van der Waals surface area contributed by atoms with Crippen LogP contribution in [0.2, 0.25) is 0 Å². The first-order chi connectivity index (χ1) is 14.3. The number of carbonyl (C=O) groups is 1. The van der Waals surface area contributed by atoms with E-state index in [0.717, 1.165) is 16.1 Å². The van der Waals surface area contributed by atoms with E-state index in [9.17, 15) is 13.2 Å². The SMILES string of the molecule is Cc1ccc(N([C@H](C)C(=O)Nc2ccccc2Oc2ccccc2)S(C)(=O)=O)cc1. The minimum Gasteiger partial charge on any atom is -0.455 e. The molecule has 0 aliphatic heterocycles. The Morgan fingerprint density at radius 1 is 0.933 bits per heavy atom. The number of sulfonamides is 1. The molecule has 0 spiro atoms. The van der Waals surface area contributed by atoms with Gasteiger partial charge in [0.15, 0.2) is 5.75 Å². The van der Waals surface area contributed by atoms with Gasteiger partial charge in [-0.3, -0.25) is 9.10 Å². The molecule has 3 aromatic rings. The molecule has 1 N–H and O–H groups in total. The van der Waals surface area contributed by atoms with E-state index < -0.39 is 22.0 Å². The van der Waals surface area contributed by atoms with E-state index in [1.807, 2.05) is 37.3 Å². The molecule has 0 radical (unpaired) electrons. The summed E-state index contributed by atoms with van der Waals surface area (Å²) in [6, 6.07) is 22.2. The zero-order valence-corrected chi connectivity index (χ0v) is 17.9. The number of carbonyl (C=O) groups excluding carboxylic acids is 1. The van der Waals surface area contributed by atoms with Crippen LogP contribution < -0.4 is 14.4 Å². The highest BCUT2D eigenvalue weighted by molar-refractivity contribution is 7.92. The summed E-state index contributed by atoms with van der Waals surface area (Å²) in [5.74, 6) is 0.625. The van der Waals surface area contributed by atoms with Crippen LogP contribution in [0.5, 0.6) is 11.5 Å². The third kappa shape index (κ3) is 5.18. The van der Waals surface area contributed by atoms with Gasteiger partial charge in [-0.25, -0.2) is 8.42 Å². The molecule has 30 heavy (non-hydrogen) atoms. The van der Waals surface area contributed by atoms with Crippen molar-refractivity contribution in [3.63, 3.8) is 0 Å². The van der Waals surface area contributed by atoms with Gasteiger partial charge in [-0.15, -0.1) is 0 Å². The van der Waals surface area contributed by atoms with Crippen molar-refractivity contribution in [3.8, 4) is 11.5 Å². The van der Waals surface area contributed by atoms with Crippen molar-refractivity contribution >= 4 is 27.3 Å². The second kappa shape index (κ2) is 9.00. The molecule has 0 aliphatic rings. The quantitative estimate of drug-likeness (QED) is 0.602. The molecule has 3 rings (SSSR count). The minimum absolute atomic E-state index is 0.430. The molecule has 156 valence electrons. The predicted molar refractivity (Wildman–Crippen MR) is 120 cm³/mol. The summed E-state index contributed by atoms with van der Waals surface area (Å²) in [6.07, 6.45) is 1.09. The van der Waals surface area contributed by atoms with Crippen molar-refractivity contribution in [2.75, 3.05) is 15.9 Å². The molecule has 7 heteroatoms. The standard InChI is InChI=1S/C23H24N2O4S/c1-17-13-15-19(16-14-17)25(30(3,27)28)18(2)23(26)24-21-11-7-8-12-22(21)29-20-9-5-4-6-10-20/h4-16,18H,1-3H3,(H,24,26)/t18-/m1/s1. The number of anilines is 2. The van der Waals surface area contributed by atoms with Gasteiger partial charge < -0.3 is 10.1 Å². The number of para-hydroxylation sites is 3. The van der Waals surface area contributed by atoms with Crippen LogP contribution in [-0.4, -0.2) is 26.6 Å². The van der Waals surface area contributed by atoms with Crippen LogP contribution >= 0.6 is 0 Å². The molecule has 0 aromatic heterocycles. The number of hydrogen-bond donors (Lipinski definition) is 1. The Kier molecular flexibility index (Phi) is 6.42. The summed E-state index contributed by atoms with van der Waals surface area (Å²) in [5, 5.41) is 2.79. The number of aryl methyl sites for hydroxylation is 1. The van der Waals surface area contributed by atoms with Gasteiger partial charge in [-0.2, -0.15) is 0 Å². The van der Waals surface area contributed by atoms with E-state index in [-0.39, 0.29) is 0 Å². The summed E-state index contributed by atoms with van der Waals surface area (Å²) in [7, 11) is -3.68. The van der Waals surface area contributed by atoms with E-state index in [1.165, 1.54) is 0 Å². The lowest BCUT2D eigenvalue weighted by atomic mass is 10.2. The van der Waals surface area contributed by atoms with E-state index in [0.29, 0.717) is 22.9 Å². The topological polar surface area (TPSA) is 75.7 Å². The third-order valence-corrected chi connectivity index (χ3v) is 5.73. The maximum absolute atomic E-state index is 13.0. The first-order valence-electron chi connectivity index (χ1n) is 9.44. The highest BCUT2D eigenvalue weighted by atomic mass is 32.2. The van der Waals surface area contributed by atoms with Gasteiger partial charge >= 0.3 is 0 Å². The minimum atomic E-state index is -3.68. The molecule has 0 bridgehead atoms. The summed E-state index contributed by atoms with van der Waals surface area (Å²) >= 11 is 0. The monoisotopic (exact) mass is 424 g/mol. The molecule has 1 atom stereocenters. The van der Waals surface area contributed by atoms with E-state index >= 15 is 0 Å². The number of nitrogens with zero attached hydrogens (tertiary/aromatic N) is 1. The predicted octanol–water partition coefficient (Wildman–Crippen LogP) is 4.58. The van der Waals surface area contributed by atoms with Crippen molar-refractivity contribution in [2.45, 2.75) is 19.9 Å². The molecule has 6 nitrogen and oxygen atoms in total. The van der Waals surface area contributed by atoms with Crippen LogP contribution in [0.4, 0.5) is 11.4 Å². The van der Waals surface area contributed by atoms with Gasteiger partial charge in [0, 0.05) is 0 Å². The first kappa shape index (κ1) is 21.4. The zero-order valence-electron chi connectivity index (χ0n) is 17.1. The van der Waals surface area contributed by atoms with Gasteiger partial charge in [0.2, 0.25) is 15.9 Å². The first-order valence-corrected chi connectivity index (χ1v) is 11.3. The summed E-state index contributed by atoms with van der Waals surface area (Å²) < 4.78 is 31.9. The van der Waals surface area contributed by atoms with Crippen molar-refractivity contribution in [3.05, 3.63) is 84.4 Å². The number of benzene rings is 3. The highest BCUT2D eigenvalue weighted by Gasteiger charge is 2.29. The van der Waals surface area contributed by atoms with E-state index in [2.05, 4.69) is 5.32 Å². The van der Waals surface area contributed by atoms with Gasteiger partial charge in [0.1, 0.15) is 11.8 Å². The Bertz CT molecular complexity index is 1110. The van der Waals surface area contributed by atoms with Crippen LogP contribution in [0.3, 0.4) is 0 Å². The van der Waals surface area contributed by atoms with Crippen LogP contribution in [0.1, 0.15) is 12.5 Å². The second-order valence-electron chi connectivity index (χ2n) is 6.97. The molecular formula is C23H24N2O4S. The smallest absolute Gasteiger partial charge is 0.248 e. The number of ether oxygens (including phenoxy) is 1. The number of amides is 1. The Morgan fingerprint density at radius 2 is 1.53 bits per heavy atom. The maximum Gasteiger partial charge on any atom is 0.248 e. The Morgan fingerprint density at radius 3 is 2.17 bits per heavy atom. The normalized spacial score (nSPS) is 12.1. The van der Waals surface area contributed by atoms with Crippen LogP contribution in [0.15, 0.2) is 78.9 Å². The molecule has 0 aliphatic carbocycles. The summed E-state index contributed by atoms with van der Waals surface area (Å²) in [5.41, 5.74) is 1.88. The zero-order chi connectivity index (χ0) is 21.7. The fourth-order valence-electron chi connectivity index (χ4n) is 3.01. The molecule has 1 amide bonds. The molecule has 0 heterocycles. The molecule has 0 fully saturated rings. The van der Waals surface area contributed by atoms with Crippen molar-refractivity contribution in [2.24, 2.45) is 0 Å². The molecular weight excluding hydrogens is 400 g/mol. The molecule has 0 saturated heterocycles. The molecule has 0 unspecified atom stereocenters. The largest absolute Gasteiger partial charge is 0.455 e. The van der Waals surface area contributed by atoms with Crippen LogP contribution in [0, 0.1) is 6.92 Å². The van der Waals surface area contributed by atoms with E-state index in [1.54, 1.807) is 55.5 Å². The number of rotatable bonds is 7. The van der Waals surface area contributed by atoms with Crippen molar-refractivity contribution in [1.29, 1.82) is 0 Å². The highest BCUT2D eigenvalue weighted by Crippen LogP contribution is 2.30. The Balaban J connectivity index is 1.85. The average Bonchev–Trinajstić information content (AvgIpc) is 2.71. The van der Waals surface area contributed by atoms with Gasteiger partial charge in [-0.05, 0) is 50.2 Å². The average molecular weight is 425 g/mol. The molecule has 3 aromatic carbocycles. The van der Waals surface area contributed by atoms with Gasteiger partial charge in [0.05, 0.1) is 17.6 Å². The van der Waals surface area contributed by atoms with Crippen LogP contribution in [0.25, 0.3) is 0 Å². The maximum atomic E-state index is 13.0. The summed E-state index contributed by atoms with van der Waals surface area (Å²) in [4.78, 5) is 13.0. The summed E-state index contributed by atoms with van der Waals surface area (Å²) in [6.45, 7) is 3.46. The lowest BCUT2D eigenvalue weighted by Crippen LogP contribution is -2.45. The van der Waals surface area contributed by atoms with Crippen molar-refractivity contribution < 1.29 is 17.9 Å². The van der Waals surface area contributed by atoms with Gasteiger partial charge in [0.25, 0.3) is 0 Å². The lowest BCUT2D eigenvalue weighted by Gasteiger charge is -2.28. The number of nitrogens with one attached hydrogen (secondary N) is 1. The number of hydrogen-bond acceptors (Lipinski definition) is 4.